The Morgan fingerprint density at radius 3 is 2.80 bits per heavy atom. The molecule has 1 aliphatic heterocycles. The van der Waals surface area contributed by atoms with Gasteiger partial charge in [0.15, 0.2) is 5.60 Å². The van der Waals surface area contributed by atoms with Crippen LogP contribution in [0.15, 0.2) is 24.3 Å². The second-order valence-electron chi connectivity index (χ2n) is 6.02. The molecule has 110 valence electrons. The summed E-state index contributed by atoms with van der Waals surface area (Å²) in [5.74, 6) is -0.211. The number of carbonyl (C=O) groups excluding carboxylic acids is 1. The van der Waals surface area contributed by atoms with E-state index in [0.717, 1.165) is 11.3 Å². The second-order valence-corrected chi connectivity index (χ2v) is 6.02. The van der Waals surface area contributed by atoms with Gasteiger partial charge < -0.3 is 14.6 Å². The fourth-order valence-electron chi connectivity index (χ4n) is 2.72. The zero-order valence-corrected chi connectivity index (χ0v) is 12.5. The summed E-state index contributed by atoms with van der Waals surface area (Å²) in [5, 5.41) is 10.7. The number of esters is 1. The molecule has 1 aromatic rings. The van der Waals surface area contributed by atoms with Crippen LogP contribution < -0.4 is 4.74 Å². The molecule has 1 N–H and O–H groups in total. The zero-order chi connectivity index (χ0) is 15.0. The van der Waals surface area contributed by atoms with E-state index in [2.05, 4.69) is 0 Å². The summed E-state index contributed by atoms with van der Waals surface area (Å²) in [6.45, 7) is 7.42. The summed E-state index contributed by atoms with van der Waals surface area (Å²) in [7, 11) is 0. The minimum atomic E-state index is -1.56. The maximum absolute atomic E-state index is 12.1. The van der Waals surface area contributed by atoms with Crippen LogP contribution in [0.3, 0.4) is 0 Å². The SMILES string of the molecule is CCOC(=O)C(C)(O)C1CC(C)(C)Oc2ccccc21. The molecule has 2 rings (SSSR count). The Morgan fingerprint density at radius 1 is 1.50 bits per heavy atom. The molecule has 0 fully saturated rings. The van der Waals surface area contributed by atoms with Crippen molar-refractivity contribution in [2.45, 2.75) is 51.2 Å². The number of rotatable bonds is 3. The van der Waals surface area contributed by atoms with E-state index in [0.29, 0.717) is 6.42 Å². The van der Waals surface area contributed by atoms with Gasteiger partial charge in [-0.1, -0.05) is 18.2 Å². The molecule has 1 heterocycles. The Labute approximate surface area is 119 Å². The molecule has 2 atom stereocenters. The lowest BCUT2D eigenvalue weighted by molar-refractivity contribution is -0.167. The molecule has 0 bridgehead atoms. The van der Waals surface area contributed by atoms with Crippen molar-refractivity contribution in [3.05, 3.63) is 29.8 Å². The van der Waals surface area contributed by atoms with Gasteiger partial charge in [0.25, 0.3) is 0 Å². The average molecular weight is 278 g/mol. The second kappa shape index (κ2) is 5.09. The van der Waals surface area contributed by atoms with Crippen LogP contribution in [0.2, 0.25) is 0 Å². The molecule has 0 saturated carbocycles. The Kier molecular flexibility index (Phi) is 3.78. The van der Waals surface area contributed by atoms with Crippen LogP contribution in [-0.4, -0.2) is 28.9 Å². The van der Waals surface area contributed by atoms with Crippen LogP contribution in [-0.2, 0) is 9.53 Å². The highest BCUT2D eigenvalue weighted by atomic mass is 16.5. The van der Waals surface area contributed by atoms with Crippen molar-refractivity contribution in [2.75, 3.05) is 6.61 Å². The highest BCUT2D eigenvalue weighted by Gasteiger charge is 2.48. The molecule has 4 heteroatoms. The third-order valence-electron chi connectivity index (χ3n) is 3.74. The smallest absolute Gasteiger partial charge is 0.338 e. The van der Waals surface area contributed by atoms with E-state index >= 15 is 0 Å². The van der Waals surface area contributed by atoms with Gasteiger partial charge >= 0.3 is 5.97 Å². The van der Waals surface area contributed by atoms with E-state index in [-0.39, 0.29) is 12.5 Å². The van der Waals surface area contributed by atoms with Crippen LogP contribution in [0.1, 0.15) is 45.6 Å². The minimum Gasteiger partial charge on any atom is -0.488 e. The van der Waals surface area contributed by atoms with Crippen LogP contribution in [0, 0.1) is 0 Å². The molecule has 1 aliphatic rings. The molecule has 0 spiro atoms. The first-order valence-electron chi connectivity index (χ1n) is 6.95. The van der Waals surface area contributed by atoms with Gasteiger partial charge in [-0.25, -0.2) is 4.79 Å². The highest BCUT2D eigenvalue weighted by molar-refractivity contribution is 5.80. The van der Waals surface area contributed by atoms with E-state index in [1.54, 1.807) is 6.92 Å². The summed E-state index contributed by atoms with van der Waals surface area (Å²) in [5.41, 5.74) is -1.15. The average Bonchev–Trinajstić information content (AvgIpc) is 2.36. The van der Waals surface area contributed by atoms with Crippen LogP contribution in [0.25, 0.3) is 0 Å². The molecule has 20 heavy (non-hydrogen) atoms. The van der Waals surface area contributed by atoms with Gasteiger partial charge in [-0.15, -0.1) is 0 Å². The van der Waals surface area contributed by atoms with Crippen LogP contribution >= 0.6 is 0 Å². The number of aliphatic hydroxyl groups is 1. The van der Waals surface area contributed by atoms with Crippen molar-refractivity contribution in [1.82, 2.24) is 0 Å². The lowest BCUT2D eigenvalue weighted by atomic mass is 9.74. The quantitative estimate of drug-likeness (QED) is 0.864. The van der Waals surface area contributed by atoms with Crippen molar-refractivity contribution >= 4 is 5.97 Å². The number of fused-ring (bicyclic) bond motifs is 1. The first-order valence-corrected chi connectivity index (χ1v) is 6.95. The third-order valence-corrected chi connectivity index (χ3v) is 3.74. The Bertz CT molecular complexity index is 505. The zero-order valence-electron chi connectivity index (χ0n) is 12.5. The Balaban J connectivity index is 2.43. The Morgan fingerprint density at radius 2 is 2.15 bits per heavy atom. The van der Waals surface area contributed by atoms with E-state index in [9.17, 15) is 9.90 Å². The van der Waals surface area contributed by atoms with Gasteiger partial charge in [0.2, 0.25) is 0 Å². The van der Waals surface area contributed by atoms with E-state index in [1.807, 2.05) is 38.1 Å². The van der Waals surface area contributed by atoms with Crippen molar-refractivity contribution in [3.8, 4) is 5.75 Å². The predicted molar refractivity (Wildman–Crippen MR) is 75.8 cm³/mol. The summed E-state index contributed by atoms with van der Waals surface area (Å²) in [4.78, 5) is 12.1. The van der Waals surface area contributed by atoms with Crippen molar-refractivity contribution in [1.29, 1.82) is 0 Å². The fraction of sp³-hybridized carbons (Fsp3) is 0.562. The third kappa shape index (κ3) is 2.66. The van der Waals surface area contributed by atoms with Gasteiger partial charge in [-0.3, -0.25) is 0 Å². The molecule has 0 saturated heterocycles. The molecule has 0 aromatic heterocycles. The van der Waals surface area contributed by atoms with Crippen LogP contribution in [0.5, 0.6) is 5.75 Å². The highest BCUT2D eigenvalue weighted by Crippen LogP contribution is 2.46. The van der Waals surface area contributed by atoms with Gasteiger partial charge in [0, 0.05) is 11.5 Å². The fourth-order valence-corrected chi connectivity index (χ4v) is 2.72. The lowest BCUT2D eigenvalue weighted by Gasteiger charge is -2.42. The van der Waals surface area contributed by atoms with Gasteiger partial charge in [0.05, 0.1) is 6.61 Å². The van der Waals surface area contributed by atoms with Gasteiger partial charge in [-0.2, -0.15) is 0 Å². The number of carbonyl (C=O) groups is 1. The summed E-state index contributed by atoms with van der Waals surface area (Å²) in [6, 6.07) is 7.53. The minimum absolute atomic E-state index is 0.253. The number of para-hydroxylation sites is 1. The monoisotopic (exact) mass is 278 g/mol. The molecule has 0 aliphatic carbocycles. The number of benzene rings is 1. The van der Waals surface area contributed by atoms with Crippen molar-refractivity contribution in [2.24, 2.45) is 0 Å². The summed E-state index contributed by atoms with van der Waals surface area (Å²) in [6.07, 6.45) is 0.551. The number of hydrogen-bond acceptors (Lipinski definition) is 4. The van der Waals surface area contributed by atoms with E-state index in [1.165, 1.54) is 6.92 Å². The largest absolute Gasteiger partial charge is 0.488 e. The normalized spacial score (nSPS) is 23.1. The molecular formula is C16H22O4. The molecule has 4 nitrogen and oxygen atoms in total. The number of hydrogen-bond donors (Lipinski definition) is 1. The van der Waals surface area contributed by atoms with Crippen molar-refractivity contribution < 1.29 is 19.4 Å². The first-order chi connectivity index (χ1) is 9.28. The summed E-state index contributed by atoms with van der Waals surface area (Å²) >= 11 is 0. The van der Waals surface area contributed by atoms with E-state index < -0.39 is 17.2 Å². The Hall–Kier alpha value is -1.55. The standard InChI is InChI=1S/C16H22O4/c1-5-19-14(17)16(4,18)12-10-15(2,3)20-13-9-7-6-8-11(12)13/h6-9,12,18H,5,10H2,1-4H3. The van der Waals surface area contributed by atoms with Gasteiger partial charge in [-0.05, 0) is 40.2 Å². The lowest BCUT2D eigenvalue weighted by Crippen LogP contribution is -2.48. The molecule has 0 radical (unpaired) electrons. The predicted octanol–water partition coefficient (Wildman–Crippen LogP) is 2.65. The molecule has 1 aromatic carbocycles. The first kappa shape index (κ1) is 14.9. The maximum Gasteiger partial charge on any atom is 0.338 e. The van der Waals surface area contributed by atoms with Crippen molar-refractivity contribution in [3.63, 3.8) is 0 Å². The topological polar surface area (TPSA) is 55.8 Å². The van der Waals surface area contributed by atoms with Gasteiger partial charge in [0.1, 0.15) is 11.4 Å². The number of ether oxygens (including phenoxy) is 2. The molecular weight excluding hydrogens is 256 g/mol. The maximum atomic E-state index is 12.1. The molecule has 0 amide bonds. The van der Waals surface area contributed by atoms with E-state index in [4.69, 9.17) is 9.47 Å². The summed E-state index contributed by atoms with van der Waals surface area (Å²) < 4.78 is 10.9. The van der Waals surface area contributed by atoms with Crippen LogP contribution in [0.4, 0.5) is 0 Å². The molecule has 2 unspecified atom stereocenters.